The molecular weight excluding hydrogens is 687 g/mol. The Balaban J connectivity index is 1.02. The number of nitrogens with one attached hydrogen (secondary N) is 2. The maximum atomic E-state index is 13.2. The highest BCUT2D eigenvalue weighted by Gasteiger charge is 2.37. The number of hydrogen-bond donors (Lipinski definition) is 3. The second-order valence-corrected chi connectivity index (χ2v) is 14.5. The summed E-state index contributed by atoms with van der Waals surface area (Å²) in [6.07, 6.45) is -2.87. The highest BCUT2D eigenvalue weighted by atomic mass is 32.1. The molecule has 0 bridgehead atoms. The average molecular weight is 722 g/mol. The molecule has 2 fully saturated rings. The van der Waals surface area contributed by atoms with Crippen LogP contribution in [0.4, 0.5) is 23.7 Å². The van der Waals surface area contributed by atoms with Crippen molar-refractivity contribution >= 4 is 51.0 Å². The third-order valence-corrected chi connectivity index (χ3v) is 10.5. The first-order valence-electron chi connectivity index (χ1n) is 16.4. The molecule has 3 aliphatic heterocycles. The highest BCUT2D eigenvalue weighted by Crippen LogP contribution is 2.39. The van der Waals surface area contributed by atoms with Gasteiger partial charge in [0, 0.05) is 35.7 Å². The van der Waals surface area contributed by atoms with Crippen molar-refractivity contribution in [1.29, 1.82) is 0 Å². The minimum atomic E-state index is -4.70. The number of rotatable bonds is 7. The number of halogens is 3. The molecule has 12 nitrogen and oxygen atoms in total. The first kappa shape index (κ1) is 34.5. The number of fused-ring (bicyclic) bond motifs is 2. The molecule has 3 N–H and O–H groups in total. The van der Waals surface area contributed by atoms with E-state index < -0.39 is 35.1 Å². The number of aromatic nitrogens is 2. The van der Waals surface area contributed by atoms with Crippen LogP contribution in [-0.2, 0) is 29.7 Å². The number of amides is 5. The van der Waals surface area contributed by atoms with Crippen molar-refractivity contribution in [1.82, 2.24) is 30.2 Å². The number of hydrazine groups is 1. The second-order valence-electron chi connectivity index (χ2n) is 13.5. The van der Waals surface area contributed by atoms with Crippen LogP contribution in [0.1, 0.15) is 87.3 Å². The lowest BCUT2D eigenvalue weighted by molar-refractivity contribution is -0.141. The number of urea groups is 1. The second kappa shape index (κ2) is 13.0. The van der Waals surface area contributed by atoms with Crippen molar-refractivity contribution in [2.75, 3.05) is 25.0 Å². The van der Waals surface area contributed by atoms with Crippen LogP contribution in [-0.4, -0.2) is 73.4 Å². The van der Waals surface area contributed by atoms with Crippen LogP contribution in [0.2, 0.25) is 0 Å². The number of nitrogens with zero attached hydrogens (tertiary/aromatic N) is 5. The lowest BCUT2D eigenvalue weighted by Gasteiger charge is -2.33. The lowest BCUT2D eigenvalue weighted by atomic mass is 9.95. The number of imide groups is 1. The zero-order valence-corrected chi connectivity index (χ0v) is 28.5. The maximum Gasteiger partial charge on any atom is 0.433 e. The topological polar surface area (TPSA) is 148 Å². The van der Waals surface area contributed by atoms with Crippen LogP contribution in [0.25, 0.3) is 10.2 Å². The van der Waals surface area contributed by atoms with Gasteiger partial charge in [0.25, 0.3) is 11.8 Å². The van der Waals surface area contributed by atoms with E-state index in [9.17, 15) is 37.5 Å². The largest absolute Gasteiger partial charge is 0.433 e. The maximum absolute atomic E-state index is 13.2. The number of anilines is 1. The fourth-order valence-corrected chi connectivity index (χ4v) is 7.87. The van der Waals surface area contributed by atoms with Crippen LogP contribution in [0.3, 0.4) is 0 Å². The van der Waals surface area contributed by atoms with Crippen LogP contribution in [0, 0.1) is 0 Å². The van der Waals surface area contributed by atoms with Gasteiger partial charge in [-0.3, -0.25) is 24.6 Å². The molecule has 2 aromatic heterocycles. The smallest absolute Gasteiger partial charge is 0.386 e. The first-order chi connectivity index (χ1) is 24.1. The van der Waals surface area contributed by atoms with Crippen molar-refractivity contribution in [3.63, 3.8) is 0 Å². The minimum absolute atomic E-state index is 0.134. The molecule has 0 unspecified atom stereocenters. The van der Waals surface area contributed by atoms with E-state index in [4.69, 9.17) is 4.98 Å². The summed E-state index contributed by atoms with van der Waals surface area (Å²) < 4.78 is 40.4. The molecule has 0 radical (unpaired) electrons. The number of aliphatic hydroxyl groups is 1. The molecule has 7 rings (SSSR count). The van der Waals surface area contributed by atoms with E-state index in [-0.39, 0.29) is 42.9 Å². The molecule has 266 valence electrons. The molecule has 4 aromatic rings. The predicted octanol–water partition coefficient (Wildman–Crippen LogP) is 5.38. The Bertz CT molecular complexity index is 2070. The van der Waals surface area contributed by atoms with Crippen molar-refractivity contribution in [3.05, 3.63) is 87.2 Å². The molecule has 5 heterocycles. The van der Waals surface area contributed by atoms with E-state index in [2.05, 4.69) is 20.5 Å². The number of likely N-dealkylation sites (tertiary alicyclic amines) is 1. The third-order valence-electron chi connectivity index (χ3n) is 9.34. The SMILES string of the molecule is CC(C)(O)c1cc2nc(C3CCN(Cc4ccc5c(c4)CN(N4CCC(=O)NC4=O)C5=O)CC3)sc2cc1NC(=O)c1cccc(C(F)(F)F)n1. The van der Waals surface area contributed by atoms with Gasteiger partial charge in [-0.25, -0.2) is 24.8 Å². The fourth-order valence-electron chi connectivity index (χ4n) is 6.72. The standard InChI is InChI=1S/C35H34F3N7O5S/c1-34(2,50)23-15-26-27(16-25(23)40-30(47)24-4-3-5-28(39-24)35(36,37)38)51-31(41-26)20-8-11-43(12-9-20)17-19-6-7-22-21(14-19)18-45(32(22)48)44-13-10-29(46)42-33(44)49/h3-7,14-16,20,50H,8-13,17-18H2,1-2H3,(H,40,47)(H,42,46,49). The monoisotopic (exact) mass is 721 g/mol. The van der Waals surface area contributed by atoms with E-state index in [1.165, 1.54) is 27.4 Å². The number of alkyl halides is 3. The van der Waals surface area contributed by atoms with Crippen LogP contribution in [0.15, 0.2) is 48.5 Å². The summed E-state index contributed by atoms with van der Waals surface area (Å²) in [5, 5.41) is 19.4. The van der Waals surface area contributed by atoms with Gasteiger partial charge in [-0.1, -0.05) is 18.2 Å². The van der Waals surface area contributed by atoms with Gasteiger partial charge in [-0.2, -0.15) is 13.2 Å². The van der Waals surface area contributed by atoms with E-state index in [1.807, 2.05) is 12.1 Å². The Morgan fingerprint density at radius 1 is 1.02 bits per heavy atom. The van der Waals surface area contributed by atoms with Crippen molar-refractivity contribution in [3.8, 4) is 0 Å². The molecule has 3 aliphatic rings. The van der Waals surface area contributed by atoms with Crippen LogP contribution >= 0.6 is 11.3 Å². The Kier molecular flexibility index (Phi) is 8.80. The van der Waals surface area contributed by atoms with Gasteiger partial charge in [0.15, 0.2) is 0 Å². The number of piperidine rings is 1. The van der Waals surface area contributed by atoms with Crippen molar-refractivity contribution < 1.29 is 37.5 Å². The average Bonchev–Trinajstić information content (AvgIpc) is 3.64. The molecule has 51 heavy (non-hydrogen) atoms. The number of pyridine rings is 1. The summed E-state index contributed by atoms with van der Waals surface area (Å²) in [6.45, 7) is 5.83. The van der Waals surface area contributed by atoms with E-state index >= 15 is 0 Å². The molecule has 5 amide bonds. The fraction of sp³-hybridized carbons (Fsp3) is 0.371. The number of thiazole rings is 1. The van der Waals surface area contributed by atoms with E-state index in [0.717, 1.165) is 58.9 Å². The Morgan fingerprint density at radius 2 is 1.78 bits per heavy atom. The summed E-state index contributed by atoms with van der Waals surface area (Å²) in [6, 6.07) is 11.6. The summed E-state index contributed by atoms with van der Waals surface area (Å²) in [5.74, 6) is -1.27. The van der Waals surface area contributed by atoms with Gasteiger partial charge in [0.1, 0.15) is 11.4 Å². The predicted molar refractivity (Wildman–Crippen MR) is 180 cm³/mol. The number of benzene rings is 2. The summed E-state index contributed by atoms with van der Waals surface area (Å²) >= 11 is 1.48. The van der Waals surface area contributed by atoms with Crippen LogP contribution in [0.5, 0.6) is 0 Å². The summed E-state index contributed by atoms with van der Waals surface area (Å²) in [5.41, 5.74) is 0.747. The normalized spacial score (nSPS) is 17.6. The first-order valence-corrected chi connectivity index (χ1v) is 17.3. The van der Waals surface area contributed by atoms with Crippen LogP contribution < -0.4 is 10.6 Å². The van der Waals surface area contributed by atoms with Gasteiger partial charge in [0.05, 0.1) is 33.9 Å². The van der Waals surface area contributed by atoms with Crippen molar-refractivity contribution in [2.45, 2.75) is 63.9 Å². The zero-order chi connectivity index (χ0) is 36.2. The van der Waals surface area contributed by atoms with Gasteiger partial charge in [-0.15, -0.1) is 11.3 Å². The molecule has 0 saturated carbocycles. The summed E-state index contributed by atoms with van der Waals surface area (Å²) in [7, 11) is 0. The van der Waals surface area contributed by atoms with Gasteiger partial charge in [0.2, 0.25) is 5.91 Å². The summed E-state index contributed by atoms with van der Waals surface area (Å²) in [4.78, 5) is 60.6. The zero-order valence-electron chi connectivity index (χ0n) is 27.7. The van der Waals surface area contributed by atoms with Crippen molar-refractivity contribution in [2.24, 2.45) is 0 Å². The molecule has 16 heteroatoms. The molecule has 0 aliphatic carbocycles. The number of hydrogen-bond acceptors (Lipinski definition) is 9. The molecule has 2 aromatic carbocycles. The minimum Gasteiger partial charge on any atom is -0.386 e. The van der Waals surface area contributed by atoms with E-state index in [0.29, 0.717) is 23.2 Å². The quantitative estimate of drug-likeness (QED) is 0.231. The molecule has 2 saturated heterocycles. The van der Waals surface area contributed by atoms with Gasteiger partial charge in [-0.05, 0) is 81.2 Å². The number of carbonyl (C=O) groups is 4. The lowest BCUT2D eigenvalue weighted by Crippen LogP contribution is -2.56. The highest BCUT2D eigenvalue weighted by molar-refractivity contribution is 7.18. The Hall–Kier alpha value is -4.93. The van der Waals surface area contributed by atoms with E-state index in [1.54, 1.807) is 32.0 Å². The molecular formula is C35H34F3N7O5S. The Morgan fingerprint density at radius 3 is 2.49 bits per heavy atom. The number of carbonyl (C=O) groups excluding carboxylic acids is 4. The Labute approximate surface area is 294 Å². The van der Waals surface area contributed by atoms with Gasteiger partial charge >= 0.3 is 12.2 Å². The molecule has 0 spiro atoms. The molecule has 0 atom stereocenters. The van der Waals surface area contributed by atoms with Gasteiger partial charge < -0.3 is 10.4 Å². The third kappa shape index (κ3) is 7.03.